The Morgan fingerprint density at radius 3 is 2.26 bits per heavy atom. The molecule has 1 fully saturated rings. The molecule has 1 saturated heterocycles. The minimum absolute atomic E-state index is 0.331. The summed E-state index contributed by atoms with van der Waals surface area (Å²) in [6.07, 6.45) is 2.78. The maximum absolute atomic E-state index is 10.2. The van der Waals surface area contributed by atoms with Gasteiger partial charge in [-0.1, -0.05) is 25.1 Å². The van der Waals surface area contributed by atoms with E-state index in [1.54, 1.807) is 30.3 Å². The Labute approximate surface area is 116 Å². The monoisotopic (exact) mass is 263 g/mol. The lowest BCUT2D eigenvalue weighted by Gasteiger charge is -2.44. The van der Waals surface area contributed by atoms with Crippen molar-refractivity contribution in [3.8, 4) is 0 Å². The Morgan fingerprint density at radius 2 is 1.89 bits per heavy atom. The van der Waals surface area contributed by atoms with Gasteiger partial charge in [0.05, 0.1) is 5.56 Å². The van der Waals surface area contributed by atoms with Crippen LogP contribution in [0, 0.1) is 5.92 Å². The first-order chi connectivity index (χ1) is 8.85. The number of hydrogen-bond acceptors (Lipinski definition) is 2. The lowest BCUT2D eigenvalue weighted by molar-refractivity contribution is 0.0547. The van der Waals surface area contributed by atoms with Crippen molar-refractivity contribution in [2.24, 2.45) is 5.92 Å². The lowest BCUT2D eigenvalue weighted by Crippen LogP contribution is -2.49. The zero-order valence-electron chi connectivity index (χ0n) is 12.4. The molecule has 2 rings (SSSR count). The number of hydrogen-bond donors (Lipinski definition) is 1. The highest BCUT2D eigenvalue weighted by Gasteiger charge is 2.32. The number of nitrogens with zero attached hydrogens (tertiary/aromatic N) is 1. The van der Waals surface area contributed by atoms with E-state index in [9.17, 15) is 4.79 Å². The first-order valence-electron chi connectivity index (χ1n) is 6.85. The molecular formula is C16H25NO2. The zero-order chi connectivity index (χ0) is 14.5. The predicted molar refractivity (Wildman–Crippen MR) is 78.5 cm³/mol. The van der Waals surface area contributed by atoms with Gasteiger partial charge in [0, 0.05) is 5.54 Å². The Bertz CT molecular complexity index is 388. The van der Waals surface area contributed by atoms with Crippen molar-refractivity contribution in [2.45, 2.75) is 39.2 Å². The molecule has 3 heteroatoms. The average molecular weight is 263 g/mol. The molecule has 1 N–H and O–H groups in total. The van der Waals surface area contributed by atoms with Crippen molar-refractivity contribution in [3.05, 3.63) is 35.9 Å². The van der Waals surface area contributed by atoms with E-state index < -0.39 is 5.97 Å². The van der Waals surface area contributed by atoms with E-state index in [1.807, 2.05) is 0 Å². The zero-order valence-corrected chi connectivity index (χ0v) is 12.4. The Hall–Kier alpha value is -1.35. The summed E-state index contributed by atoms with van der Waals surface area (Å²) in [5, 5.41) is 8.38. The van der Waals surface area contributed by atoms with Crippen LogP contribution in [0.15, 0.2) is 30.3 Å². The van der Waals surface area contributed by atoms with Gasteiger partial charge in [-0.3, -0.25) is 0 Å². The van der Waals surface area contributed by atoms with Gasteiger partial charge in [-0.2, -0.15) is 0 Å². The molecular weight excluding hydrogens is 238 g/mol. The third-order valence-electron chi connectivity index (χ3n) is 4.34. The molecule has 1 aliphatic rings. The van der Waals surface area contributed by atoms with Crippen LogP contribution in [0.2, 0.25) is 0 Å². The minimum atomic E-state index is -0.879. The summed E-state index contributed by atoms with van der Waals surface area (Å²) in [4.78, 5) is 12.7. The second-order valence-corrected chi connectivity index (χ2v) is 5.79. The van der Waals surface area contributed by atoms with Gasteiger partial charge in [-0.05, 0) is 58.3 Å². The second kappa shape index (κ2) is 6.71. The SMILES string of the molecule is CC1CCCN(C)C1(C)C.O=C(O)c1ccccc1. The molecule has 1 heterocycles. The first-order valence-corrected chi connectivity index (χ1v) is 6.85. The Kier molecular flexibility index (Phi) is 5.55. The molecule has 1 aliphatic heterocycles. The highest BCUT2D eigenvalue weighted by molar-refractivity contribution is 5.87. The summed E-state index contributed by atoms with van der Waals surface area (Å²) in [6, 6.07) is 8.30. The standard InChI is InChI=1S/C9H19N.C7H6O2/c1-8-6-5-7-10(4)9(8,2)3;8-7(9)6-4-2-1-3-5-6/h8H,5-7H2,1-4H3;1-5H,(H,8,9). The number of benzene rings is 1. The third-order valence-corrected chi connectivity index (χ3v) is 4.34. The fourth-order valence-electron chi connectivity index (χ4n) is 2.23. The summed E-state index contributed by atoms with van der Waals surface area (Å²) < 4.78 is 0. The van der Waals surface area contributed by atoms with Gasteiger partial charge in [-0.15, -0.1) is 0 Å². The van der Waals surface area contributed by atoms with Crippen molar-refractivity contribution < 1.29 is 9.90 Å². The van der Waals surface area contributed by atoms with Crippen LogP contribution in [0.4, 0.5) is 0 Å². The maximum atomic E-state index is 10.2. The molecule has 0 aromatic heterocycles. The predicted octanol–water partition coefficient (Wildman–Crippen LogP) is 3.51. The Morgan fingerprint density at radius 1 is 1.32 bits per heavy atom. The van der Waals surface area contributed by atoms with E-state index >= 15 is 0 Å². The normalized spacial score (nSPS) is 22.2. The van der Waals surface area contributed by atoms with Gasteiger partial charge in [0.25, 0.3) is 0 Å². The quantitative estimate of drug-likeness (QED) is 0.843. The third kappa shape index (κ3) is 4.35. The molecule has 0 saturated carbocycles. The number of carboxylic acids is 1. The van der Waals surface area contributed by atoms with Crippen LogP contribution in [0.1, 0.15) is 44.0 Å². The minimum Gasteiger partial charge on any atom is -0.478 e. The molecule has 1 atom stereocenters. The fourth-order valence-corrected chi connectivity index (χ4v) is 2.23. The number of carboxylic acid groups (broad SMARTS) is 1. The number of aromatic carboxylic acids is 1. The average Bonchev–Trinajstić information content (AvgIpc) is 2.38. The summed E-state index contributed by atoms with van der Waals surface area (Å²) in [7, 11) is 2.23. The van der Waals surface area contributed by atoms with E-state index in [0.29, 0.717) is 11.1 Å². The van der Waals surface area contributed by atoms with Crippen molar-refractivity contribution in [1.82, 2.24) is 4.90 Å². The number of carbonyl (C=O) groups is 1. The van der Waals surface area contributed by atoms with E-state index in [1.165, 1.54) is 19.4 Å². The van der Waals surface area contributed by atoms with Crippen molar-refractivity contribution in [1.29, 1.82) is 0 Å². The van der Waals surface area contributed by atoms with Crippen LogP contribution in [-0.4, -0.2) is 35.1 Å². The summed E-state index contributed by atoms with van der Waals surface area (Å²) in [5.74, 6) is -0.0261. The molecule has 1 aromatic carbocycles. The molecule has 0 amide bonds. The lowest BCUT2D eigenvalue weighted by atomic mass is 9.81. The highest BCUT2D eigenvalue weighted by atomic mass is 16.4. The van der Waals surface area contributed by atoms with Gasteiger partial charge in [-0.25, -0.2) is 4.79 Å². The van der Waals surface area contributed by atoms with Crippen molar-refractivity contribution in [3.63, 3.8) is 0 Å². The topological polar surface area (TPSA) is 40.5 Å². The molecule has 0 aliphatic carbocycles. The molecule has 0 bridgehead atoms. The highest BCUT2D eigenvalue weighted by Crippen LogP contribution is 2.30. The number of rotatable bonds is 1. The van der Waals surface area contributed by atoms with Crippen molar-refractivity contribution >= 4 is 5.97 Å². The van der Waals surface area contributed by atoms with E-state index in [2.05, 4.69) is 32.7 Å². The van der Waals surface area contributed by atoms with Crippen LogP contribution < -0.4 is 0 Å². The van der Waals surface area contributed by atoms with Crippen LogP contribution in [0.3, 0.4) is 0 Å². The smallest absolute Gasteiger partial charge is 0.335 e. The van der Waals surface area contributed by atoms with Crippen molar-refractivity contribution in [2.75, 3.05) is 13.6 Å². The van der Waals surface area contributed by atoms with Gasteiger partial charge >= 0.3 is 5.97 Å². The molecule has 0 radical (unpaired) electrons. The molecule has 3 nitrogen and oxygen atoms in total. The molecule has 0 spiro atoms. The van der Waals surface area contributed by atoms with E-state index in [-0.39, 0.29) is 0 Å². The second-order valence-electron chi connectivity index (χ2n) is 5.79. The van der Waals surface area contributed by atoms with Crippen LogP contribution in [0.5, 0.6) is 0 Å². The van der Waals surface area contributed by atoms with Gasteiger partial charge in [0.15, 0.2) is 0 Å². The summed E-state index contributed by atoms with van der Waals surface area (Å²) >= 11 is 0. The fraction of sp³-hybridized carbons (Fsp3) is 0.562. The Balaban J connectivity index is 0.000000191. The molecule has 106 valence electrons. The maximum Gasteiger partial charge on any atom is 0.335 e. The molecule has 1 unspecified atom stereocenters. The summed E-state index contributed by atoms with van der Waals surface area (Å²) in [6.45, 7) is 8.32. The van der Waals surface area contributed by atoms with E-state index in [0.717, 1.165) is 5.92 Å². The van der Waals surface area contributed by atoms with E-state index in [4.69, 9.17) is 5.11 Å². The molecule has 1 aromatic rings. The van der Waals surface area contributed by atoms with Gasteiger partial charge in [0.2, 0.25) is 0 Å². The molecule has 19 heavy (non-hydrogen) atoms. The summed E-state index contributed by atoms with van der Waals surface area (Å²) in [5.41, 5.74) is 0.760. The first kappa shape index (κ1) is 15.7. The van der Waals surface area contributed by atoms with Gasteiger partial charge in [0.1, 0.15) is 0 Å². The van der Waals surface area contributed by atoms with Crippen LogP contribution in [-0.2, 0) is 0 Å². The largest absolute Gasteiger partial charge is 0.478 e. The van der Waals surface area contributed by atoms with Crippen LogP contribution >= 0.6 is 0 Å². The number of piperidine rings is 1. The van der Waals surface area contributed by atoms with Gasteiger partial charge < -0.3 is 10.0 Å². The number of likely N-dealkylation sites (tertiary alicyclic amines) is 1. The van der Waals surface area contributed by atoms with Crippen LogP contribution in [0.25, 0.3) is 0 Å².